The standard InChI is InChI=1S/C18H26BrNO2S/c1-13(2)17(9-7-6-8-10-19)20-23(21,22)18-15(4)11-14(3)12-16(18)5/h6,10-13,17,20H,7,9H2,1-5H3/t8?,17-/m1/s1. The highest BCUT2D eigenvalue weighted by Crippen LogP contribution is 2.23. The first-order valence-corrected chi connectivity index (χ1v) is 10.2. The molecule has 0 aliphatic carbocycles. The topological polar surface area (TPSA) is 46.2 Å². The smallest absolute Gasteiger partial charge is 0.208 e. The molecule has 3 nitrogen and oxygen atoms in total. The van der Waals surface area contributed by atoms with Gasteiger partial charge < -0.3 is 0 Å². The van der Waals surface area contributed by atoms with Crippen LogP contribution in [0.3, 0.4) is 0 Å². The van der Waals surface area contributed by atoms with E-state index >= 15 is 0 Å². The van der Waals surface area contributed by atoms with Crippen LogP contribution in [-0.2, 0) is 10.0 Å². The zero-order chi connectivity index (χ0) is 17.6. The average molecular weight is 400 g/mol. The Hall–Kier alpha value is -0.870. The third-order valence-corrected chi connectivity index (χ3v) is 5.85. The minimum absolute atomic E-state index is 0.103. The summed E-state index contributed by atoms with van der Waals surface area (Å²) in [4.78, 5) is 2.07. The van der Waals surface area contributed by atoms with Gasteiger partial charge in [-0.2, -0.15) is 0 Å². The van der Waals surface area contributed by atoms with Gasteiger partial charge in [-0.3, -0.25) is 0 Å². The summed E-state index contributed by atoms with van der Waals surface area (Å²) in [6, 6.07) is 3.72. The summed E-state index contributed by atoms with van der Waals surface area (Å²) in [5.74, 6) is 0.220. The normalized spacial score (nSPS) is 12.8. The third-order valence-electron chi connectivity index (χ3n) is 3.79. The van der Waals surface area contributed by atoms with Crippen molar-refractivity contribution in [3.05, 3.63) is 45.6 Å². The second-order valence-corrected chi connectivity index (χ2v) is 8.37. The van der Waals surface area contributed by atoms with Gasteiger partial charge in [-0.05, 0) is 56.7 Å². The molecule has 23 heavy (non-hydrogen) atoms. The van der Waals surface area contributed by atoms with E-state index in [1.165, 1.54) is 0 Å². The van der Waals surface area contributed by atoms with Crippen LogP contribution < -0.4 is 4.72 Å². The predicted octanol–water partition coefficient (Wildman–Crippen LogP) is 4.76. The molecule has 128 valence electrons. The highest BCUT2D eigenvalue weighted by atomic mass is 79.9. The summed E-state index contributed by atoms with van der Waals surface area (Å²) in [7, 11) is -3.53. The molecule has 0 bridgehead atoms. The molecule has 0 amide bonds. The van der Waals surface area contributed by atoms with E-state index in [9.17, 15) is 8.42 Å². The fourth-order valence-electron chi connectivity index (χ4n) is 2.77. The van der Waals surface area contributed by atoms with Gasteiger partial charge in [0.1, 0.15) is 0 Å². The zero-order valence-corrected chi connectivity index (χ0v) is 16.9. The lowest BCUT2D eigenvalue weighted by Crippen LogP contribution is -2.39. The van der Waals surface area contributed by atoms with E-state index in [0.29, 0.717) is 4.90 Å². The molecular formula is C18H26BrNO2S. The molecule has 0 radical (unpaired) electrons. The van der Waals surface area contributed by atoms with Gasteiger partial charge in [0.25, 0.3) is 0 Å². The Labute approximate surface area is 149 Å². The first-order chi connectivity index (χ1) is 10.7. The van der Waals surface area contributed by atoms with Crippen molar-refractivity contribution in [1.82, 2.24) is 4.72 Å². The van der Waals surface area contributed by atoms with Gasteiger partial charge in [0.05, 0.1) is 4.90 Å². The van der Waals surface area contributed by atoms with Gasteiger partial charge in [-0.1, -0.05) is 47.5 Å². The lowest BCUT2D eigenvalue weighted by molar-refractivity contribution is 0.426. The molecule has 1 aromatic carbocycles. The molecule has 0 spiro atoms. The van der Waals surface area contributed by atoms with E-state index < -0.39 is 10.0 Å². The van der Waals surface area contributed by atoms with Crippen molar-refractivity contribution in [3.8, 4) is 0 Å². The van der Waals surface area contributed by atoms with E-state index in [4.69, 9.17) is 0 Å². The minimum Gasteiger partial charge on any atom is -0.208 e. The van der Waals surface area contributed by atoms with Crippen molar-refractivity contribution >= 4 is 26.0 Å². The van der Waals surface area contributed by atoms with Crippen LogP contribution in [0.15, 0.2) is 33.8 Å². The lowest BCUT2D eigenvalue weighted by atomic mass is 10.0. The summed E-state index contributed by atoms with van der Waals surface area (Å²) in [5, 5.41) is 0. The Morgan fingerprint density at radius 2 is 1.78 bits per heavy atom. The van der Waals surface area contributed by atoms with Crippen LogP contribution >= 0.6 is 15.9 Å². The van der Waals surface area contributed by atoms with Crippen LogP contribution in [-0.4, -0.2) is 14.5 Å². The molecule has 1 aromatic rings. The van der Waals surface area contributed by atoms with E-state index in [2.05, 4.69) is 26.4 Å². The van der Waals surface area contributed by atoms with Crippen molar-refractivity contribution in [3.63, 3.8) is 0 Å². The van der Waals surface area contributed by atoms with Crippen molar-refractivity contribution < 1.29 is 8.42 Å². The Kier molecular flexibility index (Phi) is 7.75. The first-order valence-electron chi connectivity index (χ1n) is 7.79. The molecule has 0 aliphatic heterocycles. The molecule has 0 heterocycles. The van der Waals surface area contributed by atoms with Crippen LogP contribution in [0.4, 0.5) is 0 Å². The van der Waals surface area contributed by atoms with Gasteiger partial charge in [0.15, 0.2) is 0 Å². The van der Waals surface area contributed by atoms with E-state index in [0.717, 1.165) is 29.5 Å². The SMILES string of the molecule is Cc1cc(C)c(S(=O)(=O)N[C@H](CCC=C=CBr)C(C)C)c(C)c1. The van der Waals surface area contributed by atoms with Gasteiger partial charge >= 0.3 is 0 Å². The van der Waals surface area contributed by atoms with Crippen molar-refractivity contribution in [1.29, 1.82) is 0 Å². The van der Waals surface area contributed by atoms with Crippen LogP contribution in [0.5, 0.6) is 0 Å². The highest BCUT2D eigenvalue weighted by Gasteiger charge is 2.25. The molecule has 0 aromatic heterocycles. The molecule has 1 atom stereocenters. The van der Waals surface area contributed by atoms with Crippen molar-refractivity contribution in [2.75, 3.05) is 0 Å². The maximum Gasteiger partial charge on any atom is 0.241 e. The maximum absolute atomic E-state index is 12.8. The number of aryl methyl sites for hydroxylation is 3. The summed E-state index contributed by atoms with van der Waals surface area (Å²) < 4.78 is 28.6. The molecule has 0 unspecified atom stereocenters. The van der Waals surface area contributed by atoms with Crippen LogP contribution in [0.25, 0.3) is 0 Å². The Morgan fingerprint density at radius 1 is 1.22 bits per heavy atom. The average Bonchev–Trinajstić information content (AvgIpc) is 2.40. The number of benzene rings is 1. The predicted molar refractivity (Wildman–Crippen MR) is 100 cm³/mol. The number of hydrogen-bond acceptors (Lipinski definition) is 2. The van der Waals surface area contributed by atoms with Gasteiger partial charge in [0.2, 0.25) is 10.0 Å². The van der Waals surface area contributed by atoms with E-state index in [1.54, 1.807) is 4.99 Å². The highest BCUT2D eigenvalue weighted by molar-refractivity contribution is 9.11. The lowest BCUT2D eigenvalue weighted by Gasteiger charge is -2.23. The van der Waals surface area contributed by atoms with Crippen molar-refractivity contribution in [2.45, 2.75) is 58.4 Å². The number of rotatable bonds is 7. The summed E-state index contributed by atoms with van der Waals surface area (Å²) in [5.41, 5.74) is 5.61. The molecule has 0 aliphatic rings. The summed E-state index contributed by atoms with van der Waals surface area (Å²) in [6.45, 7) is 9.74. The fraction of sp³-hybridized carbons (Fsp3) is 0.500. The van der Waals surface area contributed by atoms with E-state index in [1.807, 2.05) is 52.8 Å². The maximum atomic E-state index is 12.8. The number of sulfonamides is 1. The molecule has 1 rings (SSSR count). The van der Waals surface area contributed by atoms with E-state index in [-0.39, 0.29) is 12.0 Å². The monoisotopic (exact) mass is 399 g/mol. The Balaban J connectivity index is 3.05. The Bertz CT molecular complexity index is 679. The second kappa shape index (κ2) is 8.84. The van der Waals surface area contributed by atoms with Crippen molar-refractivity contribution in [2.24, 2.45) is 5.92 Å². The molecule has 0 fully saturated rings. The first kappa shape index (κ1) is 20.2. The molecule has 0 saturated carbocycles. The van der Waals surface area contributed by atoms with Crippen LogP contribution in [0.1, 0.15) is 43.4 Å². The molecular weight excluding hydrogens is 374 g/mol. The number of hydrogen-bond donors (Lipinski definition) is 1. The number of allylic oxidation sites excluding steroid dienone is 1. The van der Waals surface area contributed by atoms with Crippen LogP contribution in [0.2, 0.25) is 0 Å². The third kappa shape index (κ3) is 5.92. The summed E-state index contributed by atoms with van der Waals surface area (Å²) >= 11 is 3.17. The molecule has 0 saturated heterocycles. The Morgan fingerprint density at radius 3 is 2.26 bits per heavy atom. The van der Waals surface area contributed by atoms with Gasteiger partial charge in [0, 0.05) is 11.0 Å². The number of nitrogens with one attached hydrogen (secondary N) is 1. The fourth-order valence-corrected chi connectivity index (χ4v) is 4.83. The largest absolute Gasteiger partial charge is 0.241 e. The molecule has 5 heteroatoms. The number of halogens is 1. The van der Waals surface area contributed by atoms with Gasteiger partial charge in [-0.15, -0.1) is 5.73 Å². The zero-order valence-electron chi connectivity index (χ0n) is 14.5. The van der Waals surface area contributed by atoms with Gasteiger partial charge in [-0.25, -0.2) is 13.1 Å². The second-order valence-electron chi connectivity index (χ2n) is 6.26. The van der Waals surface area contributed by atoms with Crippen LogP contribution in [0, 0.1) is 26.7 Å². The minimum atomic E-state index is -3.53. The quantitative estimate of drug-likeness (QED) is 0.671. The molecule has 1 N–H and O–H groups in total. The summed E-state index contributed by atoms with van der Waals surface area (Å²) in [6.07, 6.45) is 3.43.